The Balaban J connectivity index is 2.78. The van der Waals surface area contributed by atoms with Crippen molar-refractivity contribution >= 4 is 11.7 Å². The number of pyridine rings is 1. The lowest BCUT2D eigenvalue weighted by atomic mass is 10.2. The van der Waals surface area contributed by atoms with Crippen molar-refractivity contribution in [3.63, 3.8) is 0 Å². The Labute approximate surface area is 82.2 Å². The Kier molecular flexibility index (Phi) is 3.41. The molecule has 76 valence electrons. The fourth-order valence-corrected chi connectivity index (χ4v) is 1.05. The van der Waals surface area contributed by atoms with E-state index in [1.165, 1.54) is 17.2 Å². The smallest absolute Gasteiger partial charge is 0.253 e. The number of hydrogen-bond donors (Lipinski definition) is 2. The summed E-state index contributed by atoms with van der Waals surface area (Å²) in [5.74, 6) is 0.140. The zero-order valence-electron chi connectivity index (χ0n) is 7.97. The van der Waals surface area contributed by atoms with Crippen molar-refractivity contribution in [2.75, 3.05) is 25.9 Å². The zero-order valence-corrected chi connectivity index (χ0v) is 7.97. The highest BCUT2D eigenvalue weighted by atomic mass is 16.3. The Morgan fingerprint density at radius 3 is 3.00 bits per heavy atom. The lowest BCUT2D eigenvalue weighted by molar-refractivity contribution is 0.0767. The van der Waals surface area contributed by atoms with Gasteiger partial charge >= 0.3 is 0 Å². The van der Waals surface area contributed by atoms with Gasteiger partial charge < -0.3 is 15.7 Å². The zero-order chi connectivity index (χ0) is 10.6. The van der Waals surface area contributed by atoms with E-state index in [2.05, 4.69) is 4.98 Å². The number of rotatable bonds is 3. The van der Waals surface area contributed by atoms with E-state index in [9.17, 15) is 4.79 Å². The summed E-state index contributed by atoms with van der Waals surface area (Å²) in [6, 6.07) is 3.10. The van der Waals surface area contributed by atoms with Crippen molar-refractivity contribution in [1.82, 2.24) is 9.88 Å². The second-order valence-corrected chi connectivity index (χ2v) is 2.92. The molecule has 0 atom stereocenters. The summed E-state index contributed by atoms with van der Waals surface area (Å²) in [5, 5.41) is 8.66. The third-order valence-electron chi connectivity index (χ3n) is 1.81. The van der Waals surface area contributed by atoms with E-state index in [1.807, 2.05) is 0 Å². The Bertz CT molecular complexity index is 328. The molecule has 0 unspecified atom stereocenters. The van der Waals surface area contributed by atoms with Crippen LogP contribution in [-0.2, 0) is 0 Å². The summed E-state index contributed by atoms with van der Waals surface area (Å²) in [6.45, 7) is 0.254. The summed E-state index contributed by atoms with van der Waals surface area (Å²) in [4.78, 5) is 16.8. The van der Waals surface area contributed by atoms with Crippen LogP contribution in [0, 0.1) is 0 Å². The fraction of sp³-hybridized carbons (Fsp3) is 0.333. The van der Waals surface area contributed by atoms with Crippen molar-refractivity contribution in [1.29, 1.82) is 0 Å². The van der Waals surface area contributed by atoms with E-state index in [0.29, 0.717) is 17.9 Å². The van der Waals surface area contributed by atoms with E-state index >= 15 is 0 Å². The Hall–Kier alpha value is -1.62. The van der Waals surface area contributed by atoms with Crippen LogP contribution in [0.3, 0.4) is 0 Å². The van der Waals surface area contributed by atoms with Gasteiger partial charge in [-0.1, -0.05) is 0 Å². The summed E-state index contributed by atoms with van der Waals surface area (Å²) in [5.41, 5.74) is 5.92. The maximum atomic E-state index is 11.6. The third-order valence-corrected chi connectivity index (χ3v) is 1.81. The monoisotopic (exact) mass is 195 g/mol. The molecule has 5 heteroatoms. The molecule has 0 bridgehead atoms. The van der Waals surface area contributed by atoms with Gasteiger partial charge in [0, 0.05) is 25.4 Å². The van der Waals surface area contributed by atoms with Gasteiger partial charge in [0.15, 0.2) is 0 Å². The number of carbonyl (C=O) groups excluding carboxylic acids is 1. The molecule has 0 spiro atoms. The van der Waals surface area contributed by atoms with Crippen LogP contribution in [0.25, 0.3) is 0 Å². The molecule has 0 saturated heterocycles. The summed E-state index contributed by atoms with van der Waals surface area (Å²) in [7, 11) is 1.62. The molecule has 5 nitrogen and oxygen atoms in total. The first-order valence-corrected chi connectivity index (χ1v) is 4.23. The second-order valence-electron chi connectivity index (χ2n) is 2.92. The molecule has 1 amide bonds. The van der Waals surface area contributed by atoms with Gasteiger partial charge in [0.2, 0.25) is 0 Å². The third kappa shape index (κ3) is 2.43. The number of aliphatic hydroxyl groups excluding tert-OH is 1. The first-order chi connectivity index (χ1) is 6.65. The first-order valence-electron chi connectivity index (χ1n) is 4.23. The fourth-order valence-electron chi connectivity index (χ4n) is 1.05. The molecule has 14 heavy (non-hydrogen) atoms. The molecule has 0 aromatic carbocycles. The first kappa shape index (κ1) is 10.5. The molecule has 0 aliphatic heterocycles. The molecule has 1 heterocycles. The topological polar surface area (TPSA) is 79.5 Å². The normalized spacial score (nSPS) is 9.86. The van der Waals surface area contributed by atoms with Gasteiger partial charge in [0.1, 0.15) is 5.82 Å². The van der Waals surface area contributed by atoms with Gasteiger partial charge in [-0.3, -0.25) is 4.79 Å². The molecule has 0 aliphatic carbocycles. The number of aromatic nitrogens is 1. The van der Waals surface area contributed by atoms with Gasteiger partial charge in [-0.2, -0.15) is 0 Å². The van der Waals surface area contributed by atoms with E-state index in [0.717, 1.165) is 0 Å². The number of likely N-dealkylation sites (N-methyl/N-ethyl adjacent to an activating group) is 1. The number of aliphatic hydroxyl groups is 1. The molecule has 0 aliphatic rings. The van der Waals surface area contributed by atoms with Crippen molar-refractivity contribution in [3.8, 4) is 0 Å². The van der Waals surface area contributed by atoms with Crippen molar-refractivity contribution in [2.45, 2.75) is 0 Å². The van der Waals surface area contributed by atoms with Crippen LogP contribution in [0.5, 0.6) is 0 Å². The molecule has 1 aromatic rings. The Morgan fingerprint density at radius 2 is 2.43 bits per heavy atom. The van der Waals surface area contributed by atoms with Crippen LogP contribution in [0.15, 0.2) is 18.3 Å². The van der Waals surface area contributed by atoms with E-state index in [4.69, 9.17) is 10.8 Å². The summed E-state index contributed by atoms with van der Waals surface area (Å²) < 4.78 is 0. The predicted molar refractivity (Wildman–Crippen MR) is 52.7 cm³/mol. The number of amides is 1. The maximum Gasteiger partial charge on any atom is 0.253 e. The van der Waals surface area contributed by atoms with E-state index in [-0.39, 0.29) is 12.5 Å². The van der Waals surface area contributed by atoms with Crippen LogP contribution < -0.4 is 5.73 Å². The molecule has 0 radical (unpaired) electrons. The van der Waals surface area contributed by atoms with Crippen molar-refractivity contribution < 1.29 is 9.90 Å². The minimum atomic E-state index is -0.173. The SMILES string of the molecule is CN(CCO)C(=O)c1ccnc(N)c1. The van der Waals surface area contributed by atoms with Gasteiger partial charge in [-0.15, -0.1) is 0 Å². The summed E-state index contributed by atoms with van der Waals surface area (Å²) in [6.07, 6.45) is 1.48. The van der Waals surface area contributed by atoms with Crippen LogP contribution in [0.4, 0.5) is 5.82 Å². The lowest BCUT2D eigenvalue weighted by Gasteiger charge is -2.15. The van der Waals surface area contributed by atoms with E-state index in [1.54, 1.807) is 13.1 Å². The molecule has 1 rings (SSSR count). The minimum Gasteiger partial charge on any atom is -0.395 e. The average molecular weight is 195 g/mol. The number of nitrogens with zero attached hydrogens (tertiary/aromatic N) is 2. The largest absolute Gasteiger partial charge is 0.395 e. The molecular weight excluding hydrogens is 182 g/mol. The minimum absolute atomic E-state index is 0.0528. The quantitative estimate of drug-likeness (QED) is 0.695. The van der Waals surface area contributed by atoms with Gasteiger partial charge in [0.05, 0.1) is 6.61 Å². The van der Waals surface area contributed by atoms with Crippen molar-refractivity contribution in [3.05, 3.63) is 23.9 Å². The predicted octanol–water partition coefficient (Wildman–Crippen LogP) is -0.272. The lowest BCUT2D eigenvalue weighted by Crippen LogP contribution is -2.29. The molecule has 0 fully saturated rings. The molecule has 3 N–H and O–H groups in total. The summed E-state index contributed by atoms with van der Waals surface area (Å²) >= 11 is 0. The van der Waals surface area contributed by atoms with E-state index < -0.39 is 0 Å². The highest BCUT2D eigenvalue weighted by Crippen LogP contribution is 2.05. The maximum absolute atomic E-state index is 11.6. The molecular formula is C9H13N3O2. The number of nitrogen functional groups attached to an aromatic ring is 1. The van der Waals surface area contributed by atoms with Crippen LogP contribution in [-0.4, -0.2) is 41.1 Å². The second kappa shape index (κ2) is 4.57. The number of hydrogen-bond acceptors (Lipinski definition) is 4. The molecule has 0 saturated carbocycles. The standard InChI is InChI=1S/C9H13N3O2/c1-12(4-5-13)9(14)7-2-3-11-8(10)6-7/h2-3,6,13H,4-5H2,1H3,(H2,10,11). The van der Waals surface area contributed by atoms with Gasteiger partial charge in [0.25, 0.3) is 5.91 Å². The highest BCUT2D eigenvalue weighted by molar-refractivity contribution is 5.94. The van der Waals surface area contributed by atoms with Crippen LogP contribution in [0.2, 0.25) is 0 Å². The number of anilines is 1. The van der Waals surface area contributed by atoms with Crippen LogP contribution in [0.1, 0.15) is 10.4 Å². The van der Waals surface area contributed by atoms with Crippen LogP contribution >= 0.6 is 0 Å². The molecule has 1 aromatic heterocycles. The van der Waals surface area contributed by atoms with Gasteiger partial charge in [-0.05, 0) is 12.1 Å². The highest BCUT2D eigenvalue weighted by Gasteiger charge is 2.10. The average Bonchev–Trinajstić information content (AvgIpc) is 2.17. The van der Waals surface area contributed by atoms with Crippen molar-refractivity contribution in [2.24, 2.45) is 0 Å². The number of nitrogens with two attached hydrogens (primary N) is 1. The number of carbonyl (C=O) groups is 1. The van der Waals surface area contributed by atoms with Gasteiger partial charge in [-0.25, -0.2) is 4.98 Å². The Morgan fingerprint density at radius 1 is 1.71 bits per heavy atom.